The smallest absolute Gasteiger partial charge is 0.137 e. The second-order valence-electron chi connectivity index (χ2n) is 12.6. The monoisotopic (exact) mass is 626 g/mol. The first-order valence-corrected chi connectivity index (χ1v) is 16.7. The van der Waals surface area contributed by atoms with Crippen LogP contribution in [0.5, 0.6) is 0 Å². The molecule has 0 amide bonds. The van der Waals surface area contributed by atoms with E-state index >= 15 is 0 Å². The van der Waals surface area contributed by atoms with E-state index in [0.717, 1.165) is 55.8 Å². The first kappa shape index (κ1) is 27.5. The van der Waals surface area contributed by atoms with Crippen molar-refractivity contribution in [1.82, 2.24) is 4.57 Å². The number of rotatable bonds is 5. The maximum atomic E-state index is 6.61. The maximum absolute atomic E-state index is 6.61. The van der Waals surface area contributed by atoms with Gasteiger partial charge in [0, 0.05) is 44.7 Å². The highest BCUT2D eigenvalue weighted by molar-refractivity contribution is 6.19. The van der Waals surface area contributed by atoms with Crippen molar-refractivity contribution in [2.45, 2.75) is 0 Å². The highest BCUT2D eigenvalue weighted by Gasteiger charge is 2.23. The summed E-state index contributed by atoms with van der Waals surface area (Å²) in [6, 6.07) is 64.9. The Labute approximate surface area is 283 Å². The zero-order chi connectivity index (χ0) is 32.3. The average molecular weight is 627 g/mol. The Morgan fingerprint density at radius 3 is 2.00 bits per heavy atom. The molecular weight excluding hydrogens is 597 g/mol. The zero-order valence-electron chi connectivity index (χ0n) is 26.6. The summed E-state index contributed by atoms with van der Waals surface area (Å²) < 4.78 is 9.02. The van der Waals surface area contributed by atoms with Crippen LogP contribution in [0.15, 0.2) is 186 Å². The molecule has 0 radical (unpaired) electrons. The van der Waals surface area contributed by atoms with E-state index in [-0.39, 0.29) is 0 Å². The van der Waals surface area contributed by atoms with Crippen LogP contribution in [0, 0.1) is 0 Å². The molecule has 2 heterocycles. The van der Waals surface area contributed by atoms with Gasteiger partial charge in [0.15, 0.2) is 0 Å². The van der Waals surface area contributed by atoms with Crippen molar-refractivity contribution in [2.24, 2.45) is 0 Å². The molecule has 10 rings (SSSR count). The van der Waals surface area contributed by atoms with Crippen LogP contribution in [0.25, 0.3) is 71.3 Å². The standard InChI is InChI=1S/C46H30N2O/c1-3-13-31(14-4-1)33-16-11-19-35(29-33)47(36-26-27-40-44(30-36)49-43-28-25-32-15-7-8-20-37(32)45(40)43)42-24-12-22-39-38-21-9-10-23-41(38)48(46(39)42)34-17-5-2-6-18-34/h1-30H. The van der Waals surface area contributed by atoms with Crippen LogP contribution in [0.3, 0.4) is 0 Å². The number of para-hydroxylation sites is 3. The Balaban J connectivity index is 1.28. The molecule has 0 aliphatic rings. The van der Waals surface area contributed by atoms with Gasteiger partial charge in [0.05, 0.1) is 16.7 Å². The van der Waals surface area contributed by atoms with Gasteiger partial charge in [-0.2, -0.15) is 0 Å². The predicted octanol–water partition coefficient (Wildman–Crippen LogP) is 13.0. The summed E-state index contributed by atoms with van der Waals surface area (Å²) in [7, 11) is 0. The summed E-state index contributed by atoms with van der Waals surface area (Å²) in [5.74, 6) is 0. The number of aromatic nitrogens is 1. The summed E-state index contributed by atoms with van der Waals surface area (Å²) in [5.41, 5.74) is 10.7. The average Bonchev–Trinajstić information content (AvgIpc) is 3.72. The van der Waals surface area contributed by atoms with Crippen molar-refractivity contribution in [3.8, 4) is 16.8 Å². The molecule has 3 heteroatoms. The van der Waals surface area contributed by atoms with Gasteiger partial charge in [-0.05, 0) is 76.5 Å². The van der Waals surface area contributed by atoms with E-state index in [0.29, 0.717) is 0 Å². The van der Waals surface area contributed by atoms with Gasteiger partial charge in [-0.25, -0.2) is 0 Å². The fraction of sp³-hybridized carbons (Fsp3) is 0. The molecule has 0 atom stereocenters. The second-order valence-corrected chi connectivity index (χ2v) is 12.6. The van der Waals surface area contributed by atoms with E-state index in [1.807, 2.05) is 0 Å². The molecule has 0 fully saturated rings. The van der Waals surface area contributed by atoms with Crippen LogP contribution in [-0.4, -0.2) is 4.57 Å². The van der Waals surface area contributed by atoms with Crippen molar-refractivity contribution in [3.05, 3.63) is 182 Å². The lowest BCUT2D eigenvalue weighted by atomic mass is 10.0. The maximum Gasteiger partial charge on any atom is 0.137 e. The van der Waals surface area contributed by atoms with E-state index in [2.05, 4.69) is 191 Å². The van der Waals surface area contributed by atoms with Crippen molar-refractivity contribution in [2.75, 3.05) is 4.90 Å². The third-order valence-electron chi connectivity index (χ3n) is 9.74. The van der Waals surface area contributed by atoms with Crippen LogP contribution in [0.1, 0.15) is 0 Å². The highest BCUT2D eigenvalue weighted by atomic mass is 16.3. The predicted molar refractivity (Wildman–Crippen MR) is 206 cm³/mol. The van der Waals surface area contributed by atoms with Gasteiger partial charge >= 0.3 is 0 Å². The SMILES string of the molecule is c1ccc(-c2cccc(N(c3ccc4c(c3)oc3ccc5ccccc5c34)c3cccc4c5ccccc5n(-c5ccccc5)c34)c2)cc1. The van der Waals surface area contributed by atoms with E-state index in [1.165, 1.54) is 32.6 Å². The Morgan fingerprint density at radius 1 is 0.429 bits per heavy atom. The summed E-state index contributed by atoms with van der Waals surface area (Å²) in [5, 5.41) is 7.12. The molecule has 0 unspecified atom stereocenters. The fourth-order valence-electron chi connectivity index (χ4n) is 7.58. The molecule has 0 spiro atoms. The molecule has 0 N–H and O–H groups in total. The molecule has 0 saturated carbocycles. The van der Waals surface area contributed by atoms with Gasteiger partial charge in [-0.15, -0.1) is 0 Å². The molecule has 3 nitrogen and oxygen atoms in total. The molecule has 0 aliphatic carbocycles. The van der Waals surface area contributed by atoms with Crippen molar-refractivity contribution in [3.63, 3.8) is 0 Å². The molecular formula is C46H30N2O. The van der Waals surface area contributed by atoms with E-state index in [9.17, 15) is 0 Å². The van der Waals surface area contributed by atoms with Crippen LogP contribution >= 0.6 is 0 Å². The summed E-state index contributed by atoms with van der Waals surface area (Å²) in [6.07, 6.45) is 0. The molecule has 49 heavy (non-hydrogen) atoms. The topological polar surface area (TPSA) is 21.3 Å². The van der Waals surface area contributed by atoms with Gasteiger partial charge in [-0.1, -0.05) is 121 Å². The first-order chi connectivity index (χ1) is 24.3. The van der Waals surface area contributed by atoms with Crippen LogP contribution < -0.4 is 4.90 Å². The molecule has 2 aromatic heterocycles. The number of anilines is 3. The number of hydrogen-bond donors (Lipinski definition) is 0. The number of fused-ring (bicyclic) bond motifs is 8. The van der Waals surface area contributed by atoms with Crippen LogP contribution in [0.4, 0.5) is 17.1 Å². The minimum Gasteiger partial charge on any atom is -0.456 e. The first-order valence-electron chi connectivity index (χ1n) is 16.7. The van der Waals surface area contributed by atoms with E-state index < -0.39 is 0 Å². The van der Waals surface area contributed by atoms with Crippen molar-refractivity contribution < 1.29 is 4.42 Å². The highest BCUT2D eigenvalue weighted by Crippen LogP contribution is 2.45. The van der Waals surface area contributed by atoms with Gasteiger partial charge in [0.25, 0.3) is 0 Å². The number of furan rings is 1. The minimum absolute atomic E-state index is 0.865. The van der Waals surface area contributed by atoms with E-state index in [4.69, 9.17) is 4.42 Å². The van der Waals surface area contributed by atoms with E-state index in [1.54, 1.807) is 0 Å². The second kappa shape index (κ2) is 11.0. The summed E-state index contributed by atoms with van der Waals surface area (Å²) >= 11 is 0. The Morgan fingerprint density at radius 2 is 1.12 bits per heavy atom. The largest absolute Gasteiger partial charge is 0.456 e. The molecule has 10 aromatic rings. The molecule has 0 saturated heterocycles. The third kappa shape index (κ3) is 4.37. The Hall–Kier alpha value is -6.58. The van der Waals surface area contributed by atoms with Crippen molar-refractivity contribution >= 4 is 71.6 Å². The summed E-state index contributed by atoms with van der Waals surface area (Å²) in [4.78, 5) is 2.39. The number of benzene rings is 8. The number of hydrogen-bond acceptors (Lipinski definition) is 2. The molecule has 230 valence electrons. The Bertz CT molecular complexity index is 2830. The van der Waals surface area contributed by atoms with Gasteiger partial charge < -0.3 is 13.9 Å². The van der Waals surface area contributed by atoms with Crippen molar-refractivity contribution in [1.29, 1.82) is 0 Å². The lowest BCUT2D eigenvalue weighted by Gasteiger charge is -2.27. The van der Waals surface area contributed by atoms with Gasteiger partial charge in [0.1, 0.15) is 11.2 Å². The minimum atomic E-state index is 0.865. The fourth-order valence-corrected chi connectivity index (χ4v) is 7.58. The van der Waals surface area contributed by atoms with Crippen LogP contribution in [-0.2, 0) is 0 Å². The lowest BCUT2D eigenvalue weighted by Crippen LogP contribution is -2.11. The molecule has 0 bridgehead atoms. The number of nitrogens with zero attached hydrogens (tertiary/aromatic N) is 2. The third-order valence-corrected chi connectivity index (χ3v) is 9.74. The normalized spacial score (nSPS) is 11.7. The zero-order valence-corrected chi connectivity index (χ0v) is 26.6. The van der Waals surface area contributed by atoms with Gasteiger partial charge in [0.2, 0.25) is 0 Å². The molecule has 8 aromatic carbocycles. The van der Waals surface area contributed by atoms with Crippen LogP contribution in [0.2, 0.25) is 0 Å². The molecule has 0 aliphatic heterocycles. The lowest BCUT2D eigenvalue weighted by molar-refractivity contribution is 0.669. The quantitative estimate of drug-likeness (QED) is 0.190. The summed E-state index contributed by atoms with van der Waals surface area (Å²) in [6.45, 7) is 0. The van der Waals surface area contributed by atoms with Gasteiger partial charge in [-0.3, -0.25) is 0 Å². The Kier molecular flexibility index (Phi) is 6.18.